The zero-order valence-corrected chi connectivity index (χ0v) is 11.7. The van der Waals surface area contributed by atoms with E-state index >= 15 is 0 Å². The maximum Gasteiger partial charge on any atom is 0.238 e. The molecule has 3 rings (SSSR count). The van der Waals surface area contributed by atoms with Gasteiger partial charge in [0.1, 0.15) is 16.4 Å². The summed E-state index contributed by atoms with van der Waals surface area (Å²) in [5.41, 5.74) is 6.23. The van der Waals surface area contributed by atoms with Crippen molar-refractivity contribution in [2.75, 3.05) is 5.32 Å². The highest BCUT2D eigenvalue weighted by atomic mass is 35.5. The fourth-order valence-corrected chi connectivity index (χ4v) is 2.74. The van der Waals surface area contributed by atoms with Gasteiger partial charge in [-0.3, -0.25) is 4.79 Å². The van der Waals surface area contributed by atoms with E-state index < -0.39 is 5.41 Å². The van der Waals surface area contributed by atoms with E-state index in [9.17, 15) is 4.79 Å². The van der Waals surface area contributed by atoms with Crippen LogP contribution in [0.15, 0.2) is 17.3 Å². The number of nitrogens with zero attached hydrogens (tertiary/aromatic N) is 3. The first-order valence-corrected chi connectivity index (χ1v) is 6.89. The van der Waals surface area contributed by atoms with Crippen molar-refractivity contribution < 1.29 is 10.0 Å². The Kier molecular flexibility index (Phi) is 2.98. The van der Waals surface area contributed by atoms with Crippen molar-refractivity contribution in [1.29, 1.82) is 0 Å². The summed E-state index contributed by atoms with van der Waals surface area (Å²) in [6.45, 7) is 0. The van der Waals surface area contributed by atoms with Crippen LogP contribution in [0.1, 0.15) is 12.8 Å². The Morgan fingerprint density at radius 1 is 1.50 bits per heavy atom. The molecule has 1 amide bonds. The molecule has 0 radical (unpaired) electrons. The van der Waals surface area contributed by atoms with Crippen LogP contribution in [-0.4, -0.2) is 25.7 Å². The second-order valence-electron chi connectivity index (χ2n) is 4.58. The van der Waals surface area contributed by atoms with Gasteiger partial charge in [0.05, 0.1) is 22.4 Å². The van der Waals surface area contributed by atoms with Crippen LogP contribution in [0, 0.1) is 5.41 Å². The van der Waals surface area contributed by atoms with Gasteiger partial charge in [0, 0.05) is 0 Å². The summed E-state index contributed by atoms with van der Waals surface area (Å²) in [6, 6.07) is 3.37. The van der Waals surface area contributed by atoms with Crippen molar-refractivity contribution in [2.24, 2.45) is 16.3 Å². The molecular formula is C11H10ClN5O2S. The molecule has 1 aliphatic rings. The summed E-state index contributed by atoms with van der Waals surface area (Å²) in [5.74, 6) is -0.440. The smallest absolute Gasteiger partial charge is 0.238 e. The maximum absolute atomic E-state index is 12.3. The third-order valence-electron chi connectivity index (χ3n) is 3.40. The number of halogens is 1. The predicted molar refractivity (Wildman–Crippen MR) is 76.1 cm³/mol. The number of carbonyl (C=O) groups excluding carboxylic acids is 1. The lowest BCUT2D eigenvalue weighted by Gasteiger charge is -2.14. The number of anilines is 1. The van der Waals surface area contributed by atoms with Gasteiger partial charge in [-0.05, 0) is 25.0 Å². The number of aromatic nitrogens is 2. The van der Waals surface area contributed by atoms with Gasteiger partial charge < -0.3 is 16.3 Å². The van der Waals surface area contributed by atoms with Crippen LogP contribution in [0.2, 0.25) is 5.02 Å². The third kappa shape index (κ3) is 1.88. The molecule has 4 N–H and O–H groups in total. The fraction of sp³-hybridized carbons (Fsp3) is 0.273. The van der Waals surface area contributed by atoms with Gasteiger partial charge >= 0.3 is 0 Å². The lowest BCUT2D eigenvalue weighted by atomic mass is 10.1. The van der Waals surface area contributed by atoms with E-state index in [1.165, 1.54) is 0 Å². The molecule has 1 fully saturated rings. The number of benzene rings is 1. The van der Waals surface area contributed by atoms with Gasteiger partial charge in [0.25, 0.3) is 0 Å². The van der Waals surface area contributed by atoms with E-state index in [-0.39, 0.29) is 11.7 Å². The van der Waals surface area contributed by atoms with Crippen LogP contribution in [-0.2, 0) is 4.79 Å². The van der Waals surface area contributed by atoms with E-state index in [1.54, 1.807) is 12.1 Å². The molecule has 1 saturated carbocycles. The summed E-state index contributed by atoms with van der Waals surface area (Å²) in [7, 11) is 0. The Balaban J connectivity index is 1.96. The first-order valence-electron chi connectivity index (χ1n) is 5.79. The standard InChI is InChI=1S/C11H10ClN5O2S/c12-5-1-2-6-8(17-20-16-6)7(5)14-10(18)11(3-4-11)9(13)15-19/h1-2,19H,3-4H2,(H2,13,15)(H,14,18). The number of hydrogen-bond donors (Lipinski definition) is 3. The number of fused-ring (bicyclic) bond motifs is 1. The molecule has 1 aromatic heterocycles. The number of hydrogen-bond acceptors (Lipinski definition) is 6. The van der Waals surface area contributed by atoms with Crippen LogP contribution in [0.5, 0.6) is 0 Å². The third-order valence-corrected chi connectivity index (χ3v) is 4.26. The molecule has 0 atom stereocenters. The summed E-state index contributed by atoms with van der Waals surface area (Å²) >= 11 is 7.14. The highest BCUT2D eigenvalue weighted by molar-refractivity contribution is 7.00. The fourth-order valence-electron chi connectivity index (χ4n) is 2.00. The lowest BCUT2D eigenvalue weighted by Crippen LogP contribution is -2.36. The zero-order valence-electron chi connectivity index (χ0n) is 10.1. The van der Waals surface area contributed by atoms with Gasteiger partial charge in [0.15, 0.2) is 5.84 Å². The van der Waals surface area contributed by atoms with E-state index in [2.05, 4.69) is 19.2 Å². The SMILES string of the molecule is N/C(=N/O)C1(C(=O)Nc2c(Cl)ccc3nsnc23)CC1. The quantitative estimate of drug-likeness (QED) is 0.346. The second-order valence-corrected chi connectivity index (χ2v) is 5.51. The number of nitrogens with two attached hydrogens (primary N) is 1. The van der Waals surface area contributed by atoms with Crippen LogP contribution in [0.3, 0.4) is 0 Å². The molecule has 0 spiro atoms. The first kappa shape index (κ1) is 13.1. The van der Waals surface area contributed by atoms with Gasteiger partial charge in [-0.1, -0.05) is 16.8 Å². The second kappa shape index (κ2) is 4.57. The predicted octanol–water partition coefficient (Wildman–Crippen LogP) is 1.81. The minimum atomic E-state index is -0.941. The average molecular weight is 312 g/mol. The Morgan fingerprint density at radius 2 is 2.25 bits per heavy atom. The van der Waals surface area contributed by atoms with Gasteiger partial charge in [-0.2, -0.15) is 8.75 Å². The molecule has 7 nitrogen and oxygen atoms in total. The monoisotopic (exact) mass is 311 g/mol. The Bertz CT molecular complexity index is 725. The van der Waals surface area contributed by atoms with Crippen molar-refractivity contribution in [3.63, 3.8) is 0 Å². The minimum Gasteiger partial charge on any atom is -0.409 e. The van der Waals surface area contributed by atoms with Crippen molar-refractivity contribution in [3.05, 3.63) is 17.2 Å². The number of nitrogens with one attached hydrogen (secondary N) is 1. The highest BCUT2D eigenvalue weighted by Crippen LogP contribution is 2.47. The average Bonchev–Trinajstić information content (AvgIpc) is 3.13. The Hall–Kier alpha value is -1.93. The van der Waals surface area contributed by atoms with Crippen LogP contribution in [0.25, 0.3) is 11.0 Å². The van der Waals surface area contributed by atoms with E-state index in [0.29, 0.717) is 34.6 Å². The normalized spacial score (nSPS) is 17.1. The highest BCUT2D eigenvalue weighted by Gasteiger charge is 2.54. The molecular weight excluding hydrogens is 302 g/mol. The Labute approximate surface area is 122 Å². The summed E-state index contributed by atoms with van der Waals surface area (Å²) in [4.78, 5) is 12.3. The summed E-state index contributed by atoms with van der Waals surface area (Å²) in [5, 5.41) is 14.8. The molecule has 20 heavy (non-hydrogen) atoms. The molecule has 0 unspecified atom stereocenters. The lowest BCUT2D eigenvalue weighted by molar-refractivity contribution is -0.119. The molecule has 0 aliphatic heterocycles. The molecule has 1 heterocycles. The number of oxime groups is 1. The Morgan fingerprint density at radius 3 is 2.90 bits per heavy atom. The number of rotatable bonds is 3. The number of carbonyl (C=O) groups is 1. The molecule has 0 bridgehead atoms. The maximum atomic E-state index is 12.3. The molecule has 104 valence electrons. The molecule has 0 saturated heterocycles. The zero-order chi connectivity index (χ0) is 14.3. The number of amidine groups is 1. The summed E-state index contributed by atoms with van der Waals surface area (Å²) in [6.07, 6.45) is 1.08. The minimum absolute atomic E-state index is 0.0882. The van der Waals surface area contributed by atoms with Crippen molar-refractivity contribution >= 4 is 51.8 Å². The number of amides is 1. The van der Waals surface area contributed by atoms with E-state index in [4.69, 9.17) is 22.5 Å². The van der Waals surface area contributed by atoms with Gasteiger partial charge in [0.2, 0.25) is 5.91 Å². The van der Waals surface area contributed by atoms with Crippen molar-refractivity contribution in [3.8, 4) is 0 Å². The van der Waals surface area contributed by atoms with Crippen LogP contribution < -0.4 is 11.1 Å². The van der Waals surface area contributed by atoms with Crippen molar-refractivity contribution in [1.82, 2.24) is 8.75 Å². The summed E-state index contributed by atoms with van der Waals surface area (Å²) < 4.78 is 8.21. The van der Waals surface area contributed by atoms with Crippen LogP contribution >= 0.6 is 23.3 Å². The first-order chi connectivity index (χ1) is 9.58. The molecule has 1 aromatic carbocycles. The van der Waals surface area contributed by atoms with E-state index in [0.717, 1.165) is 11.7 Å². The topological polar surface area (TPSA) is 113 Å². The van der Waals surface area contributed by atoms with Crippen molar-refractivity contribution in [2.45, 2.75) is 12.8 Å². The molecule has 9 heteroatoms. The van der Waals surface area contributed by atoms with Crippen LogP contribution in [0.4, 0.5) is 5.69 Å². The van der Waals surface area contributed by atoms with E-state index in [1.807, 2.05) is 0 Å². The van der Waals surface area contributed by atoms with Gasteiger partial charge in [-0.25, -0.2) is 0 Å². The van der Waals surface area contributed by atoms with Gasteiger partial charge in [-0.15, -0.1) is 0 Å². The largest absolute Gasteiger partial charge is 0.409 e. The molecule has 2 aromatic rings. The molecule has 1 aliphatic carbocycles.